The molecule has 0 spiro atoms. The first-order valence-electron chi connectivity index (χ1n) is 6.01. The van der Waals surface area contributed by atoms with E-state index in [1.807, 2.05) is 0 Å². The van der Waals surface area contributed by atoms with Crippen molar-refractivity contribution in [2.24, 2.45) is 0 Å². The van der Waals surface area contributed by atoms with Crippen molar-refractivity contribution in [3.05, 3.63) is 59.7 Å². The van der Waals surface area contributed by atoms with E-state index in [4.69, 9.17) is 5.11 Å². The average Bonchev–Trinajstić information content (AvgIpc) is 2.49. The lowest BCUT2D eigenvalue weighted by molar-refractivity contribution is 0.0696. The van der Waals surface area contributed by atoms with Crippen molar-refractivity contribution in [2.45, 2.75) is 4.90 Å². The average molecular weight is 327 g/mol. The molecule has 0 unspecified atom stereocenters. The summed E-state index contributed by atoms with van der Waals surface area (Å²) < 4.78 is 52.2. The standard InChI is InChI=1S/C14H11F2NO4S/c1-17(13-8-10(15)4-7-12(13)16)22(20,21)11-5-2-9(3-6-11)14(18)19/h2-8H,1H3,(H,18,19). The summed E-state index contributed by atoms with van der Waals surface area (Å²) in [6, 6.07) is 6.87. The lowest BCUT2D eigenvalue weighted by Gasteiger charge is -2.20. The zero-order chi connectivity index (χ0) is 16.5. The van der Waals surface area contributed by atoms with Crippen LogP contribution in [0.3, 0.4) is 0 Å². The fourth-order valence-corrected chi connectivity index (χ4v) is 2.98. The van der Waals surface area contributed by atoms with E-state index in [2.05, 4.69) is 0 Å². The Morgan fingerprint density at radius 2 is 1.68 bits per heavy atom. The first kappa shape index (κ1) is 15.9. The van der Waals surface area contributed by atoms with Crippen LogP contribution in [-0.4, -0.2) is 26.5 Å². The van der Waals surface area contributed by atoms with Gasteiger partial charge in [-0.05, 0) is 36.4 Å². The molecule has 0 radical (unpaired) electrons. The van der Waals surface area contributed by atoms with E-state index in [9.17, 15) is 22.0 Å². The molecule has 0 saturated carbocycles. The van der Waals surface area contributed by atoms with Crippen LogP contribution in [0.1, 0.15) is 10.4 Å². The highest BCUT2D eigenvalue weighted by Crippen LogP contribution is 2.25. The Morgan fingerprint density at radius 3 is 2.23 bits per heavy atom. The van der Waals surface area contributed by atoms with E-state index >= 15 is 0 Å². The monoisotopic (exact) mass is 327 g/mol. The maximum atomic E-state index is 13.7. The third-order valence-corrected chi connectivity index (χ3v) is 4.79. The van der Waals surface area contributed by atoms with E-state index < -0.39 is 33.3 Å². The molecule has 5 nitrogen and oxygen atoms in total. The highest BCUT2D eigenvalue weighted by atomic mass is 32.2. The summed E-state index contributed by atoms with van der Waals surface area (Å²) in [5.41, 5.74) is -0.527. The van der Waals surface area contributed by atoms with Gasteiger partial charge in [0, 0.05) is 13.1 Å². The number of hydrogen-bond acceptors (Lipinski definition) is 3. The number of hydrogen-bond donors (Lipinski definition) is 1. The number of carboxylic acids is 1. The van der Waals surface area contributed by atoms with E-state index in [1.165, 1.54) is 0 Å². The largest absolute Gasteiger partial charge is 0.478 e. The zero-order valence-electron chi connectivity index (χ0n) is 11.3. The van der Waals surface area contributed by atoms with Gasteiger partial charge in [-0.3, -0.25) is 4.31 Å². The predicted molar refractivity (Wildman–Crippen MR) is 75.3 cm³/mol. The van der Waals surface area contributed by atoms with Crippen LogP contribution >= 0.6 is 0 Å². The summed E-state index contributed by atoms with van der Waals surface area (Å²) in [5.74, 6) is -2.87. The minimum atomic E-state index is -4.14. The second-order valence-corrected chi connectivity index (χ2v) is 6.37. The molecule has 0 heterocycles. The van der Waals surface area contributed by atoms with E-state index in [1.54, 1.807) is 0 Å². The van der Waals surface area contributed by atoms with Gasteiger partial charge >= 0.3 is 5.97 Å². The second-order valence-electron chi connectivity index (χ2n) is 4.40. The summed E-state index contributed by atoms with van der Waals surface area (Å²) in [6.45, 7) is 0. The Hall–Kier alpha value is -2.48. The number of benzene rings is 2. The molecule has 22 heavy (non-hydrogen) atoms. The molecule has 0 saturated heterocycles. The van der Waals surface area contributed by atoms with Crippen LogP contribution in [0.5, 0.6) is 0 Å². The van der Waals surface area contributed by atoms with Gasteiger partial charge in [-0.15, -0.1) is 0 Å². The van der Waals surface area contributed by atoms with Crippen LogP contribution in [0, 0.1) is 11.6 Å². The van der Waals surface area contributed by atoms with Gasteiger partial charge in [0.1, 0.15) is 11.6 Å². The van der Waals surface area contributed by atoms with E-state index in [-0.39, 0.29) is 10.5 Å². The molecule has 116 valence electrons. The normalized spacial score (nSPS) is 11.2. The Kier molecular flexibility index (Phi) is 4.14. The van der Waals surface area contributed by atoms with Gasteiger partial charge in [0.25, 0.3) is 10.0 Å². The number of sulfonamides is 1. The van der Waals surface area contributed by atoms with Crippen molar-refractivity contribution in [3.63, 3.8) is 0 Å². The Bertz CT molecular complexity index is 819. The molecule has 0 aliphatic rings. The van der Waals surface area contributed by atoms with Crippen molar-refractivity contribution in [2.75, 3.05) is 11.4 Å². The Balaban J connectivity index is 2.45. The molecule has 0 fully saturated rings. The number of nitrogens with zero attached hydrogens (tertiary/aromatic N) is 1. The molecular formula is C14H11F2NO4S. The van der Waals surface area contributed by atoms with Crippen molar-refractivity contribution in [1.82, 2.24) is 0 Å². The van der Waals surface area contributed by atoms with Gasteiger partial charge in [0.05, 0.1) is 16.1 Å². The number of carbonyl (C=O) groups is 1. The number of anilines is 1. The molecule has 1 N–H and O–H groups in total. The zero-order valence-corrected chi connectivity index (χ0v) is 12.1. The summed E-state index contributed by atoms with van der Waals surface area (Å²) in [4.78, 5) is 10.5. The van der Waals surface area contributed by atoms with Crippen LogP contribution in [-0.2, 0) is 10.0 Å². The molecule has 2 rings (SSSR count). The minimum Gasteiger partial charge on any atom is -0.478 e. The summed E-state index contributed by atoms with van der Waals surface area (Å²) in [6.07, 6.45) is 0. The highest BCUT2D eigenvalue weighted by Gasteiger charge is 2.24. The molecule has 0 atom stereocenters. The minimum absolute atomic E-state index is 0.0847. The number of rotatable bonds is 4. The van der Waals surface area contributed by atoms with Crippen LogP contribution in [0.15, 0.2) is 47.4 Å². The van der Waals surface area contributed by atoms with Gasteiger partial charge < -0.3 is 5.11 Å². The third kappa shape index (κ3) is 2.91. The Morgan fingerprint density at radius 1 is 1.09 bits per heavy atom. The molecule has 2 aromatic carbocycles. The Labute approximate surface area is 125 Å². The molecule has 8 heteroatoms. The van der Waals surface area contributed by atoms with Crippen LogP contribution in [0.4, 0.5) is 14.5 Å². The fraction of sp³-hybridized carbons (Fsp3) is 0.0714. The molecule has 0 aliphatic carbocycles. The molecule has 2 aromatic rings. The molecule has 0 aliphatic heterocycles. The quantitative estimate of drug-likeness (QED) is 0.936. The lowest BCUT2D eigenvalue weighted by atomic mass is 10.2. The van der Waals surface area contributed by atoms with Crippen molar-refractivity contribution >= 4 is 21.7 Å². The molecule has 0 aromatic heterocycles. The van der Waals surface area contributed by atoms with Gasteiger partial charge in [-0.2, -0.15) is 0 Å². The number of halogens is 2. The summed E-state index contributed by atoms with van der Waals surface area (Å²) >= 11 is 0. The van der Waals surface area contributed by atoms with Gasteiger partial charge in [-0.1, -0.05) is 0 Å². The van der Waals surface area contributed by atoms with Gasteiger partial charge in [0.2, 0.25) is 0 Å². The van der Waals surface area contributed by atoms with Crippen molar-refractivity contribution in [1.29, 1.82) is 0 Å². The molecular weight excluding hydrogens is 316 g/mol. The fourth-order valence-electron chi connectivity index (χ4n) is 1.78. The predicted octanol–water partition coefficient (Wildman–Crippen LogP) is 2.49. The smallest absolute Gasteiger partial charge is 0.335 e. The van der Waals surface area contributed by atoms with Crippen LogP contribution < -0.4 is 4.31 Å². The SMILES string of the molecule is CN(c1cc(F)ccc1F)S(=O)(=O)c1ccc(C(=O)O)cc1. The van der Waals surface area contributed by atoms with E-state index in [0.717, 1.165) is 49.5 Å². The third-order valence-electron chi connectivity index (χ3n) is 3.01. The first-order valence-corrected chi connectivity index (χ1v) is 7.45. The van der Waals surface area contributed by atoms with Gasteiger partial charge in [-0.25, -0.2) is 22.0 Å². The van der Waals surface area contributed by atoms with E-state index in [0.29, 0.717) is 4.31 Å². The van der Waals surface area contributed by atoms with Crippen LogP contribution in [0.2, 0.25) is 0 Å². The first-order chi connectivity index (χ1) is 10.2. The van der Waals surface area contributed by atoms with Crippen molar-refractivity contribution in [3.8, 4) is 0 Å². The summed E-state index contributed by atoms with van der Waals surface area (Å²) in [5, 5.41) is 8.78. The van der Waals surface area contributed by atoms with Crippen LogP contribution in [0.25, 0.3) is 0 Å². The summed E-state index contributed by atoms with van der Waals surface area (Å²) in [7, 11) is -3.06. The maximum absolute atomic E-state index is 13.7. The number of aromatic carboxylic acids is 1. The molecule has 0 bridgehead atoms. The lowest BCUT2D eigenvalue weighted by Crippen LogP contribution is -2.27. The topological polar surface area (TPSA) is 74.7 Å². The second kappa shape index (κ2) is 5.72. The highest BCUT2D eigenvalue weighted by molar-refractivity contribution is 7.92. The van der Waals surface area contributed by atoms with Gasteiger partial charge in [0.15, 0.2) is 0 Å². The van der Waals surface area contributed by atoms with Crippen molar-refractivity contribution < 1.29 is 27.1 Å². The molecule has 0 amide bonds. The number of carboxylic acid groups (broad SMARTS) is 1. The maximum Gasteiger partial charge on any atom is 0.335 e.